The first kappa shape index (κ1) is 19.0. The minimum atomic E-state index is -0.847. The molecular weight excluding hydrogens is 368 g/mol. The molecule has 1 aliphatic rings. The van der Waals surface area contributed by atoms with Gasteiger partial charge in [-0.2, -0.15) is 0 Å². The molecule has 144 valence electrons. The average molecular weight is 384 g/mol. The molecule has 28 heavy (non-hydrogen) atoms. The fourth-order valence-electron chi connectivity index (χ4n) is 2.97. The van der Waals surface area contributed by atoms with Crippen molar-refractivity contribution in [1.29, 1.82) is 0 Å². The van der Waals surface area contributed by atoms with Gasteiger partial charge in [0, 0.05) is 30.4 Å². The van der Waals surface area contributed by atoms with E-state index >= 15 is 0 Å². The molecule has 1 saturated heterocycles. The molecule has 2 amide bonds. The largest absolute Gasteiger partial charge is 0.339 e. The first-order valence-corrected chi connectivity index (χ1v) is 8.50. The summed E-state index contributed by atoms with van der Waals surface area (Å²) in [5, 5.41) is 24.4. The molecule has 0 aromatic heterocycles. The molecule has 1 aliphatic heterocycles. The zero-order valence-electron chi connectivity index (χ0n) is 14.7. The number of carbonyl (C=O) groups excluding carboxylic acids is 2. The number of likely N-dealkylation sites (tertiary alicyclic amines) is 1. The summed E-state index contributed by atoms with van der Waals surface area (Å²) >= 11 is 0. The minimum Gasteiger partial charge on any atom is -0.339 e. The van der Waals surface area contributed by atoms with E-state index in [1.165, 1.54) is 12.1 Å². The second-order valence-corrected chi connectivity index (χ2v) is 6.25. The van der Waals surface area contributed by atoms with Crippen molar-refractivity contribution >= 4 is 28.9 Å². The standard InChI is InChI=1S/C18H16N4O6/c23-17(15-8-7-14(21(25)26)11-16(15)22(27)28)19-13-5-3-12(4-6-13)18(24)20-9-1-2-10-20/h3-8,11H,1-2,9-10H2,(H,19,23). The number of nitro groups is 2. The zero-order chi connectivity index (χ0) is 20.3. The summed E-state index contributed by atoms with van der Waals surface area (Å²) in [4.78, 5) is 46.8. The van der Waals surface area contributed by atoms with Crippen molar-refractivity contribution in [3.05, 3.63) is 73.8 Å². The Morgan fingerprint density at radius 2 is 1.57 bits per heavy atom. The molecule has 0 bridgehead atoms. The van der Waals surface area contributed by atoms with Gasteiger partial charge in [-0.15, -0.1) is 0 Å². The van der Waals surface area contributed by atoms with Crippen molar-refractivity contribution < 1.29 is 19.4 Å². The lowest BCUT2D eigenvalue weighted by Crippen LogP contribution is -2.27. The molecule has 0 spiro atoms. The van der Waals surface area contributed by atoms with Gasteiger partial charge in [0.2, 0.25) is 0 Å². The van der Waals surface area contributed by atoms with Crippen molar-refractivity contribution in [2.45, 2.75) is 12.8 Å². The van der Waals surface area contributed by atoms with E-state index in [9.17, 15) is 29.8 Å². The van der Waals surface area contributed by atoms with Gasteiger partial charge in [-0.25, -0.2) is 0 Å². The van der Waals surface area contributed by atoms with Gasteiger partial charge in [0.1, 0.15) is 5.56 Å². The quantitative estimate of drug-likeness (QED) is 0.622. The lowest BCUT2D eigenvalue weighted by Gasteiger charge is -2.15. The van der Waals surface area contributed by atoms with Crippen LogP contribution < -0.4 is 5.32 Å². The molecule has 0 aliphatic carbocycles. The predicted octanol–water partition coefficient (Wildman–Crippen LogP) is 2.99. The summed E-state index contributed by atoms with van der Waals surface area (Å²) in [5.74, 6) is -0.860. The van der Waals surface area contributed by atoms with Crippen LogP contribution in [-0.2, 0) is 0 Å². The first-order chi connectivity index (χ1) is 13.4. The van der Waals surface area contributed by atoms with Gasteiger partial charge >= 0.3 is 0 Å². The van der Waals surface area contributed by atoms with Crippen molar-refractivity contribution in [3.8, 4) is 0 Å². The molecule has 0 unspecified atom stereocenters. The molecule has 10 nitrogen and oxygen atoms in total. The second-order valence-electron chi connectivity index (χ2n) is 6.25. The van der Waals surface area contributed by atoms with Crippen molar-refractivity contribution in [1.82, 2.24) is 4.90 Å². The van der Waals surface area contributed by atoms with Gasteiger partial charge in [-0.1, -0.05) is 0 Å². The topological polar surface area (TPSA) is 136 Å². The smallest absolute Gasteiger partial charge is 0.289 e. The third-order valence-electron chi connectivity index (χ3n) is 4.42. The monoisotopic (exact) mass is 384 g/mol. The number of amides is 2. The van der Waals surface area contributed by atoms with Gasteiger partial charge in [0.15, 0.2) is 0 Å². The Kier molecular flexibility index (Phi) is 5.30. The molecule has 3 rings (SSSR count). The molecule has 1 fully saturated rings. The number of non-ortho nitro benzene ring substituents is 1. The van der Waals surface area contributed by atoms with Gasteiger partial charge < -0.3 is 10.2 Å². The van der Waals surface area contributed by atoms with Gasteiger partial charge in [0.25, 0.3) is 23.2 Å². The Balaban J connectivity index is 1.76. The maximum atomic E-state index is 12.4. The zero-order valence-corrected chi connectivity index (χ0v) is 14.7. The summed E-state index contributed by atoms with van der Waals surface area (Å²) < 4.78 is 0. The van der Waals surface area contributed by atoms with E-state index in [1.807, 2.05) is 0 Å². The number of anilines is 1. The third kappa shape index (κ3) is 3.95. The summed E-state index contributed by atoms with van der Waals surface area (Å²) in [5.41, 5.74) is -0.606. The van der Waals surface area contributed by atoms with Crippen LogP contribution >= 0.6 is 0 Å². The summed E-state index contributed by atoms with van der Waals surface area (Å²) in [6.07, 6.45) is 1.96. The fraction of sp³-hybridized carbons (Fsp3) is 0.222. The number of carbonyl (C=O) groups is 2. The van der Waals surface area contributed by atoms with Gasteiger partial charge in [-0.3, -0.25) is 29.8 Å². The van der Waals surface area contributed by atoms with Crippen LogP contribution in [0.15, 0.2) is 42.5 Å². The molecule has 10 heteroatoms. The Bertz CT molecular complexity index is 951. The van der Waals surface area contributed by atoms with E-state index in [1.54, 1.807) is 17.0 Å². The van der Waals surface area contributed by atoms with E-state index in [2.05, 4.69) is 5.32 Å². The van der Waals surface area contributed by atoms with Crippen LogP contribution in [0.25, 0.3) is 0 Å². The second kappa shape index (κ2) is 7.82. The van der Waals surface area contributed by atoms with Crippen LogP contribution in [0, 0.1) is 20.2 Å². The average Bonchev–Trinajstić information content (AvgIpc) is 3.22. The Labute approximate surface area is 159 Å². The summed E-state index contributed by atoms with van der Waals surface area (Å²) in [6.45, 7) is 1.45. The number of benzene rings is 2. The number of hydrogen-bond acceptors (Lipinski definition) is 6. The SMILES string of the molecule is O=C(Nc1ccc(C(=O)N2CCCC2)cc1)c1ccc([N+](=O)[O-])cc1[N+](=O)[O-]. The molecule has 1 N–H and O–H groups in total. The molecule has 0 saturated carbocycles. The summed E-state index contributed by atoms with van der Waals surface area (Å²) in [6, 6.07) is 9.00. The molecular formula is C18H16N4O6. The van der Waals surface area contributed by atoms with E-state index in [4.69, 9.17) is 0 Å². The molecule has 0 atom stereocenters. The highest BCUT2D eigenvalue weighted by molar-refractivity contribution is 6.07. The highest BCUT2D eigenvalue weighted by Crippen LogP contribution is 2.25. The Hall–Kier alpha value is -3.82. The first-order valence-electron chi connectivity index (χ1n) is 8.50. The van der Waals surface area contributed by atoms with Crippen LogP contribution in [0.1, 0.15) is 33.6 Å². The van der Waals surface area contributed by atoms with Crippen molar-refractivity contribution in [2.75, 3.05) is 18.4 Å². The number of rotatable bonds is 5. The van der Waals surface area contributed by atoms with E-state index in [0.717, 1.165) is 44.1 Å². The molecule has 2 aromatic carbocycles. The van der Waals surface area contributed by atoms with Crippen molar-refractivity contribution in [3.63, 3.8) is 0 Å². The lowest BCUT2D eigenvalue weighted by atomic mass is 10.1. The number of nitrogens with zero attached hydrogens (tertiary/aromatic N) is 3. The predicted molar refractivity (Wildman–Crippen MR) is 99.3 cm³/mol. The molecule has 1 heterocycles. The Morgan fingerprint density at radius 3 is 2.14 bits per heavy atom. The maximum Gasteiger partial charge on any atom is 0.289 e. The molecule has 0 radical (unpaired) electrons. The van der Waals surface area contributed by atoms with Crippen LogP contribution in [0.4, 0.5) is 17.1 Å². The normalized spacial score (nSPS) is 13.2. The fourth-order valence-corrected chi connectivity index (χ4v) is 2.97. The van der Waals surface area contributed by atoms with Crippen LogP contribution in [0.2, 0.25) is 0 Å². The summed E-state index contributed by atoms with van der Waals surface area (Å²) in [7, 11) is 0. The number of hydrogen-bond donors (Lipinski definition) is 1. The molecule has 2 aromatic rings. The van der Waals surface area contributed by atoms with Crippen LogP contribution in [-0.4, -0.2) is 39.7 Å². The van der Waals surface area contributed by atoms with Gasteiger partial charge in [-0.05, 0) is 43.2 Å². The maximum absolute atomic E-state index is 12.4. The lowest BCUT2D eigenvalue weighted by molar-refractivity contribution is -0.394. The van der Waals surface area contributed by atoms with Gasteiger partial charge in [0.05, 0.1) is 15.9 Å². The number of nitro benzene ring substituents is 2. The minimum absolute atomic E-state index is 0.0821. The van der Waals surface area contributed by atoms with E-state index < -0.39 is 27.1 Å². The van der Waals surface area contributed by atoms with E-state index in [0.29, 0.717) is 11.3 Å². The highest BCUT2D eigenvalue weighted by atomic mass is 16.6. The number of nitrogens with one attached hydrogen (secondary N) is 1. The van der Waals surface area contributed by atoms with Crippen molar-refractivity contribution in [2.24, 2.45) is 0 Å². The van der Waals surface area contributed by atoms with E-state index in [-0.39, 0.29) is 11.5 Å². The third-order valence-corrected chi connectivity index (χ3v) is 4.42. The Morgan fingerprint density at radius 1 is 0.929 bits per heavy atom. The van der Waals surface area contributed by atoms with Crippen LogP contribution in [0.5, 0.6) is 0 Å². The van der Waals surface area contributed by atoms with Crippen LogP contribution in [0.3, 0.4) is 0 Å². The highest BCUT2D eigenvalue weighted by Gasteiger charge is 2.24.